The van der Waals surface area contributed by atoms with Crippen LogP contribution in [0.4, 0.5) is 5.69 Å². The number of hydrogen-bond acceptors (Lipinski definition) is 5. The largest absolute Gasteiger partial charge is 0.492 e. The molecule has 136 valence electrons. The van der Waals surface area contributed by atoms with Crippen molar-refractivity contribution in [3.63, 3.8) is 0 Å². The fraction of sp³-hybridized carbons (Fsp3) is 0.429. The lowest BCUT2D eigenvalue weighted by molar-refractivity contribution is 0.174. The SMILES string of the molecule is c1ccc2c(c1)CC(NC1CCN(c3ccc4c(c3)OCO4)CC1)CO2. The molecule has 3 aliphatic rings. The Hall–Kier alpha value is -2.40. The number of nitrogens with zero attached hydrogens (tertiary/aromatic N) is 1. The van der Waals surface area contributed by atoms with Crippen molar-refractivity contribution in [1.82, 2.24) is 5.32 Å². The molecule has 5 rings (SSSR count). The zero-order chi connectivity index (χ0) is 17.3. The summed E-state index contributed by atoms with van der Waals surface area (Å²) in [7, 11) is 0. The second kappa shape index (κ2) is 6.72. The van der Waals surface area contributed by atoms with Gasteiger partial charge in [0.1, 0.15) is 12.4 Å². The Labute approximate surface area is 153 Å². The summed E-state index contributed by atoms with van der Waals surface area (Å²) in [5.41, 5.74) is 2.54. The van der Waals surface area contributed by atoms with Crippen LogP contribution >= 0.6 is 0 Å². The average Bonchev–Trinajstić information content (AvgIpc) is 3.16. The summed E-state index contributed by atoms with van der Waals surface area (Å²) in [6.45, 7) is 3.21. The highest BCUT2D eigenvalue weighted by atomic mass is 16.7. The van der Waals surface area contributed by atoms with E-state index in [-0.39, 0.29) is 0 Å². The number of hydrogen-bond donors (Lipinski definition) is 1. The molecule has 0 radical (unpaired) electrons. The molecule has 26 heavy (non-hydrogen) atoms. The van der Waals surface area contributed by atoms with Crippen LogP contribution in [0.3, 0.4) is 0 Å². The first-order valence-corrected chi connectivity index (χ1v) is 9.46. The number of anilines is 1. The molecule has 0 amide bonds. The molecule has 0 bridgehead atoms. The van der Waals surface area contributed by atoms with Gasteiger partial charge in [-0.1, -0.05) is 18.2 Å². The molecule has 0 aliphatic carbocycles. The predicted octanol–water partition coefficient (Wildman–Crippen LogP) is 2.98. The van der Waals surface area contributed by atoms with Gasteiger partial charge in [0.2, 0.25) is 6.79 Å². The second-order valence-corrected chi connectivity index (χ2v) is 7.29. The third-order valence-corrected chi connectivity index (χ3v) is 5.57. The summed E-state index contributed by atoms with van der Waals surface area (Å²) < 4.78 is 16.8. The molecule has 1 fully saturated rings. The smallest absolute Gasteiger partial charge is 0.231 e. The van der Waals surface area contributed by atoms with E-state index >= 15 is 0 Å². The Kier molecular flexibility index (Phi) is 4.09. The van der Waals surface area contributed by atoms with Crippen LogP contribution in [0.2, 0.25) is 0 Å². The van der Waals surface area contributed by atoms with Crippen LogP contribution in [-0.2, 0) is 6.42 Å². The first-order chi connectivity index (χ1) is 12.8. The molecule has 2 aromatic rings. The fourth-order valence-electron chi connectivity index (χ4n) is 4.15. The number of piperidine rings is 1. The lowest BCUT2D eigenvalue weighted by Crippen LogP contribution is -2.49. The van der Waals surface area contributed by atoms with Gasteiger partial charge in [-0.05, 0) is 43.0 Å². The van der Waals surface area contributed by atoms with Crippen molar-refractivity contribution in [2.75, 3.05) is 31.4 Å². The van der Waals surface area contributed by atoms with E-state index in [1.807, 2.05) is 12.1 Å². The minimum absolute atomic E-state index is 0.331. The van der Waals surface area contributed by atoms with Gasteiger partial charge in [0, 0.05) is 36.9 Å². The third kappa shape index (κ3) is 3.07. The molecule has 0 spiro atoms. The summed E-state index contributed by atoms with van der Waals surface area (Å²) >= 11 is 0. The summed E-state index contributed by atoms with van der Waals surface area (Å²) in [6, 6.07) is 15.6. The monoisotopic (exact) mass is 352 g/mol. The topological polar surface area (TPSA) is 43.0 Å². The van der Waals surface area contributed by atoms with E-state index in [9.17, 15) is 0 Å². The van der Waals surface area contributed by atoms with Gasteiger partial charge in [-0.15, -0.1) is 0 Å². The van der Waals surface area contributed by atoms with Crippen LogP contribution in [0.5, 0.6) is 17.2 Å². The van der Waals surface area contributed by atoms with E-state index in [0.717, 1.165) is 56.2 Å². The van der Waals surface area contributed by atoms with Crippen LogP contribution in [0.25, 0.3) is 0 Å². The molecule has 2 aromatic carbocycles. The maximum Gasteiger partial charge on any atom is 0.231 e. The highest BCUT2D eigenvalue weighted by Gasteiger charge is 2.26. The molecule has 3 aliphatic heterocycles. The fourth-order valence-corrected chi connectivity index (χ4v) is 4.15. The predicted molar refractivity (Wildman–Crippen MR) is 100 cm³/mol. The van der Waals surface area contributed by atoms with E-state index in [4.69, 9.17) is 14.2 Å². The lowest BCUT2D eigenvalue weighted by atomic mass is 9.99. The Morgan fingerprint density at radius 2 is 1.69 bits per heavy atom. The van der Waals surface area contributed by atoms with Crippen LogP contribution in [0.1, 0.15) is 18.4 Å². The number of fused-ring (bicyclic) bond motifs is 2. The third-order valence-electron chi connectivity index (χ3n) is 5.57. The zero-order valence-corrected chi connectivity index (χ0v) is 14.8. The maximum atomic E-state index is 5.91. The molecule has 0 aromatic heterocycles. The number of nitrogens with one attached hydrogen (secondary N) is 1. The summed E-state index contributed by atoms with van der Waals surface area (Å²) in [5.74, 6) is 2.76. The number of benzene rings is 2. The van der Waals surface area contributed by atoms with E-state index in [2.05, 4.69) is 40.5 Å². The standard InChI is InChI=1S/C21H24N2O3/c1-2-4-19-15(3-1)11-17(13-24-19)22-16-7-9-23(10-8-16)18-5-6-20-21(12-18)26-14-25-20/h1-6,12,16-17,22H,7-11,13-14H2. The van der Waals surface area contributed by atoms with Crippen molar-refractivity contribution in [2.45, 2.75) is 31.3 Å². The Balaban J connectivity index is 1.17. The quantitative estimate of drug-likeness (QED) is 0.920. The number of rotatable bonds is 3. The Morgan fingerprint density at radius 1 is 0.846 bits per heavy atom. The van der Waals surface area contributed by atoms with Gasteiger partial charge in [0.15, 0.2) is 11.5 Å². The molecule has 1 N–H and O–H groups in total. The van der Waals surface area contributed by atoms with Gasteiger partial charge in [0.25, 0.3) is 0 Å². The number of para-hydroxylation sites is 1. The molecular weight excluding hydrogens is 328 g/mol. The molecule has 5 nitrogen and oxygen atoms in total. The van der Waals surface area contributed by atoms with Gasteiger partial charge >= 0.3 is 0 Å². The summed E-state index contributed by atoms with van der Waals surface area (Å²) in [6.07, 6.45) is 3.34. The van der Waals surface area contributed by atoms with E-state index in [0.29, 0.717) is 18.9 Å². The molecule has 1 unspecified atom stereocenters. The van der Waals surface area contributed by atoms with Crippen molar-refractivity contribution in [3.8, 4) is 17.2 Å². The number of ether oxygens (including phenoxy) is 3. The Morgan fingerprint density at radius 3 is 2.62 bits per heavy atom. The van der Waals surface area contributed by atoms with Crippen molar-refractivity contribution < 1.29 is 14.2 Å². The van der Waals surface area contributed by atoms with Crippen LogP contribution < -0.4 is 24.4 Å². The van der Waals surface area contributed by atoms with Gasteiger partial charge in [-0.2, -0.15) is 0 Å². The molecule has 1 saturated heterocycles. The Bertz CT molecular complexity index is 787. The first-order valence-electron chi connectivity index (χ1n) is 9.46. The normalized spacial score (nSPS) is 22.0. The van der Waals surface area contributed by atoms with Gasteiger partial charge in [0.05, 0.1) is 0 Å². The maximum absolute atomic E-state index is 5.91. The van der Waals surface area contributed by atoms with Crippen LogP contribution in [0.15, 0.2) is 42.5 Å². The van der Waals surface area contributed by atoms with E-state index in [1.54, 1.807) is 0 Å². The lowest BCUT2D eigenvalue weighted by Gasteiger charge is -2.37. The van der Waals surface area contributed by atoms with Crippen molar-refractivity contribution in [2.24, 2.45) is 0 Å². The highest BCUT2D eigenvalue weighted by molar-refractivity contribution is 5.57. The van der Waals surface area contributed by atoms with E-state index in [1.165, 1.54) is 11.3 Å². The van der Waals surface area contributed by atoms with Gasteiger partial charge < -0.3 is 24.4 Å². The second-order valence-electron chi connectivity index (χ2n) is 7.29. The van der Waals surface area contributed by atoms with Gasteiger partial charge in [-0.25, -0.2) is 0 Å². The summed E-state index contributed by atoms with van der Waals surface area (Å²) in [5, 5.41) is 3.82. The molecular formula is C21H24N2O3. The zero-order valence-electron chi connectivity index (χ0n) is 14.8. The van der Waals surface area contributed by atoms with E-state index < -0.39 is 0 Å². The molecule has 3 heterocycles. The molecule has 5 heteroatoms. The molecule has 1 atom stereocenters. The van der Waals surface area contributed by atoms with Crippen LogP contribution in [0, 0.1) is 0 Å². The highest BCUT2D eigenvalue weighted by Crippen LogP contribution is 2.36. The van der Waals surface area contributed by atoms with Crippen LogP contribution in [-0.4, -0.2) is 38.6 Å². The minimum atomic E-state index is 0.331. The van der Waals surface area contributed by atoms with Gasteiger partial charge in [-0.3, -0.25) is 0 Å². The van der Waals surface area contributed by atoms with Crippen molar-refractivity contribution in [1.29, 1.82) is 0 Å². The first kappa shape index (κ1) is 15.8. The summed E-state index contributed by atoms with van der Waals surface area (Å²) in [4.78, 5) is 2.44. The minimum Gasteiger partial charge on any atom is -0.492 e. The molecule has 0 saturated carbocycles. The van der Waals surface area contributed by atoms with Crippen molar-refractivity contribution >= 4 is 5.69 Å². The average molecular weight is 352 g/mol. The van der Waals surface area contributed by atoms with Crippen molar-refractivity contribution in [3.05, 3.63) is 48.0 Å².